The largest absolute Gasteiger partial charge is 0.294 e. The predicted octanol–water partition coefficient (Wildman–Crippen LogP) is 0.887. The number of carbonyl (C=O) groups excluding carboxylic acids is 2. The molecule has 48 valence electrons. The van der Waals surface area contributed by atoms with Crippen LogP contribution in [0.15, 0.2) is 24.8 Å². The average Bonchev–Trinajstić information content (AvgIpc) is 1.84. The molecule has 9 heavy (non-hydrogen) atoms. The highest BCUT2D eigenvalue weighted by molar-refractivity contribution is 6.22. The van der Waals surface area contributed by atoms with E-state index in [0.717, 1.165) is 6.08 Å². The number of hydrogen-bond donors (Lipinski definition) is 0. The van der Waals surface area contributed by atoms with Crippen LogP contribution in [0, 0.1) is 0 Å². The van der Waals surface area contributed by atoms with Crippen molar-refractivity contribution in [2.45, 2.75) is 6.92 Å². The van der Waals surface area contributed by atoms with E-state index in [-0.39, 0.29) is 11.4 Å². The third-order valence-electron chi connectivity index (χ3n) is 0.908. The first kappa shape index (κ1) is 7.82. The van der Waals surface area contributed by atoms with Gasteiger partial charge in [-0.3, -0.25) is 9.59 Å². The van der Waals surface area contributed by atoms with E-state index in [2.05, 4.69) is 13.2 Å². The first-order chi connectivity index (χ1) is 4.09. The summed E-state index contributed by atoms with van der Waals surface area (Å²) in [4.78, 5) is 20.9. The molecule has 0 unspecified atom stereocenters. The lowest BCUT2D eigenvalue weighted by molar-refractivity contribution is -0.118. The number of hydrogen-bond acceptors (Lipinski definition) is 2. The molecule has 2 nitrogen and oxygen atoms in total. The standard InChI is InChI=1S/C7H8O2/c1-4-7(9)5(2)6(3)8/h4H,1-2H2,3H3. The van der Waals surface area contributed by atoms with E-state index >= 15 is 0 Å². The van der Waals surface area contributed by atoms with Crippen LogP contribution in [-0.2, 0) is 9.59 Å². The molecule has 0 N–H and O–H groups in total. The van der Waals surface area contributed by atoms with Gasteiger partial charge in [0.25, 0.3) is 0 Å². The average molecular weight is 124 g/mol. The maximum absolute atomic E-state index is 10.5. The summed E-state index contributed by atoms with van der Waals surface area (Å²) in [6.45, 7) is 7.75. The van der Waals surface area contributed by atoms with Crippen molar-refractivity contribution in [2.24, 2.45) is 0 Å². The molecule has 0 rings (SSSR count). The summed E-state index contributed by atoms with van der Waals surface area (Å²) in [6, 6.07) is 0. The van der Waals surface area contributed by atoms with E-state index in [9.17, 15) is 9.59 Å². The zero-order valence-electron chi connectivity index (χ0n) is 5.31. The lowest BCUT2D eigenvalue weighted by Gasteiger charge is -1.90. The molecule has 0 bridgehead atoms. The minimum absolute atomic E-state index is 0.00926. The van der Waals surface area contributed by atoms with Crippen LogP contribution in [0.1, 0.15) is 6.92 Å². The summed E-state index contributed by atoms with van der Waals surface area (Å²) in [5, 5.41) is 0. The molecule has 0 atom stereocenters. The monoisotopic (exact) mass is 124 g/mol. The minimum Gasteiger partial charge on any atom is -0.294 e. The van der Waals surface area contributed by atoms with Gasteiger partial charge in [0.15, 0.2) is 11.6 Å². The van der Waals surface area contributed by atoms with Gasteiger partial charge in [-0.15, -0.1) is 0 Å². The topological polar surface area (TPSA) is 34.1 Å². The lowest BCUT2D eigenvalue weighted by atomic mass is 10.1. The quantitative estimate of drug-likeness (QED) is 0.318. The summed E-state index contributed by atoms with van der Waals surface area (Å²) in [5.74, 6) is -0.706. The molecule has 0 aromatic rings. The molecule has 0 radical (unpaired) electrons. The second kappa shape index (κ2) is 2.97. The van der Waals surface area contributed by atoms with Crippen LogP contribution < -0.4 is 0 Å². The van der Waals surface area contributed by atoms with Crippen molar-refractivity contribution in [3.63, 3.8) is 0 Å². The normalized spacial score (nSPS) is 8.11. The molecule has 0 heterocycles. The van der Waals surface area contributed by atoms with Gasteiger partial charge in [-0.1, -0.05) is 13.2 Å². The maximum atomic E-state index is 10.5. The number of allylic oxidation sites excluding steroid dienone is 2. The van der Waals surface area contributed by atoms with E-state index in [4.69, 9.17) is 0 Å². The highest BCUT2D eigenvalue weighted by atomic mass is 16.1. The molecule has 0 amide bonds. The van der Waals surface area contributed by atoms with Gasteiger partial charge >= 0.3 is 0 Å². The highest BCUT2D eigenvalue weighted by Crippen LogP contribution is 1.93. The van der Waals surface area contributed by atoms with Crippen molar-refractivity contribution >= 4 is 11.6 Å². The third-order valence-corrected chi connectivity index (χ3v) is 0.908. The van der Waals surface area contributed by atoms with E-state index < -0.39 is 5.78 Å². The number of Topliss-reactive ketones (excluding diaryl/α,β-unsaturated/α-hetero) is 1. The summed E-state index contributed by atoms with van der Waals surface area (Å²) in [7, 11) is 0. The first-order valence-corrected chi connectivity index (χ1v) is 2.46. The zero-order chi connectivity index (χ0) is 7.44. The van der Waals surface area contributed by atoms with Gasteiger partial charge in [0, 0.05) is 0 Å². The Morgan fingerprint density at radius 3 is 2.00 bits per heavy atom. The Bertz CT molecular complexity index is 177. The zero-order valence-corrected chi connectivity index (χ0v) is 5.31. The van der Waals surface area contributed by atoms with E-state index in [0.29, 0.717) is 0 Å². The Balaban J connectivity index is 4.22. The summed E-state index contributed by atoms with van der Waals surface area (Å²) in [5.41, 5.74) is -0.00926. The third kappa shape index (κ3) is 2.04. The summed E-state index contributed by atoms with van der Waals surface area (Å²) >= 11 is 0. The van der Waals surface area contributed by atoms with E-state index in [1.165, 1.54) is 6.92 Å². The van der Waals surface area contributed by atoms with Gasteiger partial charge in [-0.05, 0) is 13.0 Å². The Morgan fingerprint density at radius 2 is 1.89 bits per heavy atom. The van der Waals surface area contributed by atoms with Gasteiger partial charge in [-0.25, -0.2) is 0 Å². The van der Waals surface area contributed by atoms with Crippen molar-refractivity contribution in [1.29, 1.82) is 0 Å². The molecule has 0 aliphatic rings. The highest BCUT2D eigenvalue weighted by Gasteiger charge is 2.05. The SMILES string of the molecule is C=CC(=O)C(=C)C(C)=O. The van der Waals surface area contributed by atoms with Crippen LogP contribution in [0.4, 0.5) is 0 Å². The minimum atomic E-state index is -0.400. The molecule has 0 saturated heterocycles. The number of ketones is 2. The molecule has 0 aliphatic heterocycles. The second-order valence-electron chi connectivity index (χ2n) is 1.60. The lowest BCUT2D eigenvalue weighted by Crippen LogP contribution is -2.04. The predicted molar refractivity (Wildman–Crippen MR) is 35.0 cm³/mol. The van der Waals surface area contributed by atoms with Gasteiger partial charge in [0.1, 0.15) is 0 Å². The van der Waals surface area contributed by atoms with Crippen molar-refractivity contribution in [1.82, 2.24) is 0 Å². The van der Waals surface area contributed by atoms with Crippen molar-refractivity contribution in [3.8, 4) is 0 Å². The van der Waals surface area contributed by atoms with Crippen LogP contribution >= 0.6 is 0 Å². The van der Waals surface area contributed by atoms with Crippen LogP contribution in [0.2, 0.25) is 0 Å². The van der Waals surface area contributed by atoms with Gasteiger partial charge < -0.3 is 0 Å². The fourth-order valence-corrected chi connectivity index (χ4v) is 0.297. The fraction of sp³-hybridized carbons (Fsp3) is 0.143. The van der Waals surface area contributed by atoms with Crippen molar-refractivity contribution < 1.29 is 9.59 Å². The molecule has 2 heteroatoms. The molecule has 0 aromatic heterocycles. The molecule has 0 saturated carbocycles. The van der Waals surface area contributed by atoms with E-state index in [1.54, 1.807) is 0 Å². The summed E-state index contributed by atoms with van der Waals surface area (Å²) < 4.78 is 0. The maximum Gasteiger partial charge on any atom is 0.188 e. The Morgan fingerprint density at radius 1 is 1.44 bits per heavy atom. The Kier molecular flexibility index (Phi) is 2.58. The Hall–Kier alpha value is -1.18. The second-order valence-corrected chi connectivity index (χ2v) is 1.60. The Labute approximate surface area is 53.9 Å². The first-order valence-electron chi connectivity index (χ1n) is 2.46. The van der Waals surface area contributed by atoms with Crippen LogP contribution in [0.5, 0.6) is 0 Å². The molecule has 0 aliphatic carbocycles. The molecule has 0 fully saturated rings. The smallest absolute Gasteiger partial charge is 0.188 e. The van der Waals surface area contributed by atoms with Crippen molar-refractivity contribution in [2.75, 3.05) is 0 Å². The van der Waals surface area contributed by atoms with Gasteiger partial charge in [0.05, 0.1) is 5.57 Å². The fourth-order valence-electron chi connectivity index (χ4n) is 0.297. The van der Waals surface area contributed by atoms with Gasteiger partial charge in [-0.2, -0.15) is 0 Å². The van der Waals surface area contributed by atoms with Crippen LogP contribution in [0.25, 0.3) is 0 Å². The molecule has 0 spiro atoms. The number of carbonyl (C=O) groups is 2. The number of rotatable bonds is 3. The van der Waals surface area contributed by atoms with Crippen LogP contribution in [-0.4, -0.2) is 11.6 Å². The molecular formula is C7H8O2. The van der Waals surface area contributed by atoms with E-state index in [1.807, 2.05) is 0 Å². The molecular weight excluding hydrogens is 116 g/mol. The van der Waals surface area contributed by atoms with Gasteiger partial charge in [0.2, 0.25) is 0 Å². The molecule has 0 aromatic carbocycles. The van der Waals surface area contributed by atoms with Crippen LogP contribution in [0.3, 0.4) is 0 Å². The summed E-state index contributed by atoms with van der Waals surface area (Å²) in [6.07, 6.45) is 1.07. The van der Waals surface area contributed by atoms with Crippen molar-refractivity contribution in [3.05, 3.63) is 24.8 Å².